The topological polar surface area (TPSA) is 20.2 Å². The van der Waals surface area contributed by atoms with Crippen molar-refractivity contribution in [3.8, 4) is 0 Å². The summed E-state index contributed by atoms with van der Waals surface area (Å²) >= 11 is 5.84. The molecule has 0 amide bonds. The molecule has 1 unspecified atom stereocenters. The Morgan fingerprint density at radius 3 is 2.53 bits per heavy atom. The lowest BCUT2D eigenvalue weighted by molar-refractivity contribution is 0.159. The quantitative estimate of drug-likeness (QED) is 0.831. The largest absolute Gasteiger partial charge is 0.388 e. The molecule has 1 aromatic rings. The summed E-state index contributed by atoms with van der Waals surface area (Å²) in [4.78, 5) is 0. The van der Waals surface area contributed by atoms with Crippen LogP contribution in [0.25, 0.3) is 0 Å². The van der Waals surface area contributed by atoms with Gasteiger partial charge >= 0.3 is 0 Å². The summed E-state index contributed by atoms with van der Waals surface area (Å²) in [6.45, 7) is 4.19. The van der Waals surface area contributed by atoms with Crippen molar-refractivity contribution >= 4 is 11.6 Å². The predicted molar refractivity (Wildman–Crippen MR) is 60.4 cm³/mol. The molecule has 0 saturated carbocycles. The predicted octanol–water partition coefficient (Wildman–Crippen LogP) is 3.95. The van der Waals surface area contributed by atoms with E-state index in [0.29, 0.717) is 22.9 Å². The van der Waals surface area contributed by atoms with E-state index < -0.39 is 6.10 Å². The van der Waals surface area contributed by atoms with Crippen molar-refractivity contribution in [2.24, 2.45) is 5.92 Å². The minimum absolute atomic E-state index is 0.297. The Bertz CT molecular complexity index is 325. The molecule has 1 rings (SSSR count). The van der Waals surface area contributed by atoms with Crippen molar-refractivity contribution in [2.75, 3.05) is 0 Å². The van der Waals surface area contributed by atoms with Gasteiger partial charge in [-0.3, -0.25) is 0 Å². The second kappa shape index (κ2) is 5.47. The van der Waals surface area contributed by atoms with Crippen molar-refractivity contribution in [3.05, 3.63) is 34.6 Å². The summed E-state index contributed by atoms with van der Waals surface area (Å²) in [5.74, 6) is 0.165. The van der Waals surface area contributed by atoms with E-state index in [1.165, 1.54) is 12.1 Å². The average molecular weight is 231 g/mol. The van der Waals surface area contributed by atoms with Gasteiger partial charge in [-0.1, -0.05) is 31.5 Å². The van der Waals surface area contributed by atoms with Crippen LogP contribution in [-0.2, 0) is 0 Å². The van der Waals surface area contributed by atoms with E-state index in [-0.39, 0.29) is 5.82 Å². The molecule has 0 spiro atoms. The number of aliphatic hydroxyl groups is 1. The Balaban J connectivity index is 2.69. The Morgan fingerprint density at radius 2 is 2.00 bits per heavy atom. The maximum atomic E-state index is 12.8. The van der Waals surface area contributed by atoms with Gasteiger partial charge in [0.15, 0.2) is 0 Å². The fraction of sp³-hybridized carbons (Fsp3) is 0.500. The first-order valence-electron chi connectivity index (χ1n) is 5.13. The van der Waals surface area contributed by atoms with Crippen LogP contribution in [0.5, 0.6) is 0 Å². The van der Waals surface area contributed by atoms with Gasteiger partial charge in [-0.25, -0.2) is 4.39 Å². The highest BCUT2D eigenvalue weighted by Crippen LogP contribution is 2.27. The zero-order chi connectivity index (χ0) is 11.4. The molecule has 1 aromatic carbocycles. The van der Waals surface area contributed by atoms with Crippen LogP contribution in [0.15, 0.2) is 18.2 Å². The number of hydrogen-bond acceptors (Lipinski definition) is 1. The molecule has 1 atom stereocenters. The summed E-state index contributed by atoms with van der Waals surface area (Å²) in [5.41, 5.74) is 0.610. The highest BCUT2D eigenvalue weighted by atomic mass is 35.5. The molecule has 84 valence electrons. The number of benzene rings is 1. The molecule has 0 saturated heterocycles. The second-order valence-electron chi connectivity index (χ2n) is 4.15. The van der Waals surface area contributed by atoms with Gasteiger partial charge in [-0.2, -0.15) is 0 Å². The van der Waals surface area contributed by atoms with Crippen LogP contribution in [0.1, 0.15) is 38.4 Å². The summed E-state index contributed by atoms with van der Waals surface area (Å²) in [7, 11) is 0. The van der Waals surface area contributed by atoms with E-state index in [1.54, 1.807) is 6.07 Å². The first-order chi connectivity index (χ1) is 7.00. The molecule has 0 heterocycles. The lowest BCUT2D eigenvalue weighted by Crippen LogP contribution is -2.01. The maximum Gasteiger partial charge on any atom is 0.124 e. The summed E-state index contributed by atoms with van der Waals surface area (Å²) in [6.07, 6.45) is 0.984. The van der Waals surface area contributed by atoms with Gasteiger partial charge in [0.2, 0.25) is 0 Å². The van der Waals surface area contributed by atoms with Crippen molar-refractivity contribution in [1.29, 1.82) is 0 Å². The highest BCUT2D eigenvalue weighted by molar-refractivity contribution is 6.31. The molecule has 0 radical (unpaired) electrons. The van der Waals surface area contributed by atoms with Gasteiger partial charge in [0.05, 0.1) is 6.10 Å². The maximum absolute atomic E-state index is 12.8. The average Bonchev–Trinajstić information content (AvgIpc) is 2.14. The van der Waals surface area contributed by atoms with E-state index in [4.69, 9.17) is 11.6 Å². The minimum Gasteiger partial charge on any atom is -0.388 e. The molecule has 1 N–H and O–H groups in total. The van der Waals surface area contributed by atoms with E-state index in [0.717, 1.165) is 6.42 Å². The van der Waals surface area contributed by atoms with Gasteiger partial charge < -0.3 is 5.11 Å². The molecule has 1 nitrogen and oxygen atoms in total. The molecule has 0 aliphatic heterocycles. The fourth-order valence-electron chi connectivity index (χ4n) is 1.42. The molecule has 0 aliphatic carbocycles. The Labute approximate surface area is 94.9 Å². The van der Waals surface area contributed by atoms with Crippen LogP contribution in [0.3, 0.4) is 0 Å². The molecule has 15 heavy (non-hydrogen) atoms. The number of halogens is 2. The number of hydrogen-bond donors (Lipinski definition) is 1. The van der Waals surface area contributed by atoms with Gasteiger partial charge in [0.25, 0.3) is 0 Å². The standard InChI is InChI=1S/C12H16ClFO/c1-8(2)3-6-12(15)10-5-4-9(14)7-11(10)13/h4-5,7-8,12,15H,3,6H2,1-2H3. The molecular weight excluding hydrogens is 215 g/mol. The lowest BCUT2D eigenvalue weighted by Gasteiger charge is -2.13. The third kappa shape index (κ3) is 3.80. The first-order valence-corrected chi connectivity index (χ1v) is 5.51. The van der Waals surface area contributed by atoms with E-state index in [2.05, 4.69) is 13.8 Å². The minimum atomic E-state index is -0.597. The van der Waals surface area contributed by atoms with Crippen molar-refractivity contribution in [3.63, 3.8) is 0 Å². The zero-order valence-corrected chi connectivity index (χ0v) is 9.76. The van der Waals surface area contributed by atoms with Crippen LogP contribution >= 0.6 is 11.6 Å². The smallest absolute Gasteiger partial charge is 0.124 e. The van der Waals surface area contributed by atoms with Crippen LogP contribution < -0.4 is 0 Å². The molecule has 0 fully saturated rings. The van der Waals surface area contributed by atoms with Gasteiger partial charge in [-0.15, -0.1) is 0 Å². The van der Waals surface area contributed by atoms with Crippen molar-refractivity contribution < 1.29 is 9.50 Å². The normalized spacial score (nSPS) is 13.2. The molecular formula is C12H16ClFO. The summed E-state index contributed by atoms with van der Waals surface area (Å²) in [6, 6.07) is 4.10. The van der Waals surface area contributed by atoms with Gasteiger partial charge in [0.1, 0.15) is 5.82 Å². The molecule has 0 aliphatic rings. The fourth-order valence-corrected chi connectivity index (χ4v) is 1.71. The van der Waals surface area contributed by atoms with Crippen LogP contribution in [0.2, 0.25) is 5.02 Å². The molecule has 0 aromatic heterocycles. The number of aliphatic hydroxyl groups excluding tert-OH is 1. The van der Waals surface area contributed by atoms with E-state index >= 15 is 0 Å². The van der Waals surface area contributed by atoms with Crippen molar-refractivity contribution in [2.45, 2.75) is 32.8 Å². The van der Waals surface area contributed by atoms with Gasteiger partial charge in [0, 0.05) is 5.02 Å². The lowest BCUT2D eigenvalue weighted by atomic mass is 10.00. The van der Waals surface area contributed by atoms with Crippen molar-refractivity contribution in [1.82, 2.24) is 0 Å². The highest BCUT2D eigenvalue weighted by Gasteiger charge is 2.12. The first kappa shape index (κ1) is 12.5. The van der Waals surface area contributed by atoms with Gasteiger partial charge in [-0.05, 0) is 36.5 Å². The van der Waals surface area contributed by atoms with Crippen LogP contribution in [-0.4, -0.2) is 5.11 Å². The van der Waals surface area contributed by atoms with E-state index in [1.807, 2.05) is 0 Å². The number of rotatable bonds is 4. The molecule has 0 bridgehead atoms. The summed E-state index contributed by atoms with van der Waals surface area (Å²) < 4.78 is 12.8. The SMILES string of the molecule is CC(C)CCC(O)c1ccc(F)cc1Cl. The Kier molecular flexibility index (Phi) is 4.55. The Morgan fingerprint density at radius 1 is 1.33 bits per heavy atom. The Hall–Kier alpha value is -0.600. The third-order valence-corrected chi connectivity index (χ3v) is 2.67. The van der Waals surface area contributed by atoms with E-state index in [9.17, 15) is 9.50 Å². The molecule has 3 heteroatoms. The second-order valence-corrected chi connectivity index (χ2v) is 4.56. The summed E-state index contributed by atoms with van der Waals surface area (Å²) in [5, 5.41) is 10.1. The third-order valence-electron chi connectivity index (χ3n) is 2.34. The monoisotopic (exact) mass is 230 g/mol. The van der Waals surface area contributed by atoms with Crippen LogP contribution in [0.4, 0.5) is 4.39 Å². The zero-order valence-electron chi connectivity index (χ0n) is 9.00. The van der Waals surface area contributed by atoms with Crippen LogP contribution in [0, 0.1) is 11.7 Å².